The number of piperazine rings is 1. The summed E-state index contributed by atoms with van der Waals surface area (Å²) in [5.74, 6) is 0.678. The van der Waals surface area contributed by atoms with Crippen molar-refractivity contribution in [3.8, 4) is 0 Å². The van der Waals surface area contributed by atoms with E-state index in [9.17, 15) is 8.42 Å². The molecule has 4 rings (SSSR count). The van der Waals surface area contributed by atoms with Gasteiger partial charge in [-0.2, -0.15) is 4.31 Å². The first-order valence-electron chi connectivity index (χ1n) is 10.4. The highest BCUT2D eigenvalue weighted by Crippen LogP contribution is 2.19. The van der Waals surface area contributed by atoms with Crippen molar-refractivity contribution >= 4 is 26.9 Å². The largest absolute Gasteiger partial charge is 0.364 e. The molecule has 1 aliphatic heterocycles. The van der Waals surface area contributed by atoms with Crippen LogP contribution in [0.15, 0.2) is 52.3 Å². The Bertz CT molecular complexity index is 1120. The Labute approximate surface area is 182 Å². The topological polar surface area (TPSA) is 107 Å². The van der Waals surface area contributed by atoms with E-state index in [0.717, 1.165) is 30.9 Å². The first-order chi connectivity index (χ1) is 15.1. The smallest absolute Gasteiger partial charge is 0.220 e. The lowest BCUT2D eigenvalue weighted by Gasteiger charge is -2.35. The third-order valence-electron chi connectivity index (χ3n) is 5.55. The molecule has 31 heavy (non-hydrogen) atoms. The van der Waals surface area contributed by atoms with Crippen molar-refractivity contribution in [2.75, 3.05) is 39.8 Å². The van der Waals surface area contributed by atoms with E-state index < -0.39 is 10.0 Å². The molecule has 2 aromatic heterocycles. The number of hydrogen-bond donors (Lipinski definition) is 2. The van der Waals surface area contributed by atoms with Crippen LogP contribution in [-0.2, 0) is 22.2 Å². The summed E-state index contributed by atoms with van der Waals surface area (Å²) in [6, 6.07) is 9.91. The van der Waals surface area contributed by atoms with E-state index in [1.54, 1.807) is 13.1 Å². The van der Waals surface area contributed by atoms with E-state index in [2.05, 4.69) is 49.7 Å². The van der Waals surface area contributed by atoms with E-state index in [-0.39, 0.29) is 5.75 Å². The molecule has 0 unspecified atom stereocenters. The minimum Gasteiger partial charge on any atom is -0.364 e. The fraction of sp³-hybridized carbons (Fsp3) is 0.429. The molecule has 0 saturated carbocycles. The number of H-pyrrole nitrogens is 1. The van der Waals surface area contributed by atoms with Crippen LogP contribution in [0, 0.1) is 0 Å². The lowest BCUT2D eigenvalue weighted by atomic mass is 10.1. The van der Waals surface area contributed by atoms with Crippen LogP contribution in [0.5, 0.6) is 0 Å². The Balaban J connectivity index is 1.24. The third-order valence-corrected chi connectivity index (χ3v) is 7.36. The fourth-order valence-electron chi connectivity index (χ4n) is 3.92. The number of benzene rings is 1. The minimum absolute atomic E-state index is 0.135. The van der Waals surface area contributed by atoms with Gasteiger partial charge < -0.3 is 19.7 Å². The van der Waals surface area contributed by atoms with Gasteiger partial charge in [-0.25, -0.2) is 8.42 Å². The third kappa shape index (κ3) is 5.08. The summed E-state index contributed by atoms with van der Waals surface area (Å²) >= 11 is 0. The second-order valence-corrected chi connectivity index (χ2v) is 9.54. The zero-order valence-corrected chi connectivity index (χ0v) is 18.4. The van der Waals surface area contributed by atoms with Crippen molar-refractivity contribution in [1.29, 1.82) is 0 Å². The van der Waals surface area contributed by atoms with E-state index in [4.69, 9.17) is 4.52 Å². The number of para-hydroxylation sites is 1. The highest BCUT2D eigenvalue weighted by atomic mass is 32.2. The molecule has 0 radical (unpaired) electrons. The molecular formula is C21H28N6O3S. The van der Waals surface area contributed by atoms with Crippen molar-refractivity contribution in [3.05, 3.63) is 54.0 Å². The summed E-state index contributed by atoms with van der Waals surface area (Å²) in [5, 5.41) is 8.40. The quantitative estimate of drug-likeness (QED) is 0.327. The predicted molar refractivity (Wildman–Crippen MR) is 120 cm³/mol. The molecule has 0 aliphatic carbocycles. The lowest BCUT2D eigenvalue weighted by molar-refractivity contribution is 0.260. The zero-order chi connectivity index (χ0) is 21.7. The summed E-state index contributed by atoms with van der Waals surface area (Å²) in [6.07, 6.45) is 5.42. The number of nitrogens with zero attached hydrogens (tertiary/aromatic N) is 4. The van der Waals surface area contributed by atoms with E-state index in [1.165, 1.54) is 21.5 Å². The Morgan fingerprint density at radius 1 is 1.23 bits per heavy atom. The normalized spacial score (nSPS) is 16.2. The lowest BCUT2D eigenvalue weighted by Crippen LogP contribution is -2.54. The number of nitrogens with one attached hydrogen (secondary N) is 2. The van der Waals surface area contributed by atoms with Crippen molar-refractivity contribution in [3.63, 3.8) is 0 Å². The fourth-order valence-corrected chi connectivity index (χ4v) is 5.34. The second kappa shape index (κ2) is 9.52. The van der Waals surface area contributed by atoms with Crippen LogP contribution in [0.1, 0.15) is 17.7 Å². The van der Waals surface area contributed by atoms with E-state index >= 15 is 0 Å². The molecule has 3 aromatic rings. The van der Waals surface area contributed by atoms with Crippen LogP contribution in [0.25, 0.3) is 10.9 Å². The maximum atomic E-state index is 12.6. The summed E-state index contributed by atoms with van der Waals surface area (Å²) in [7, 11) is -1.65. The number of aromatic nitrogens is 2. The van der Waals surface area contributed by atoms with Gasteiger partial charge in [-0.05, 0) is 24.5 Å². The summed E-state index contributed by atoms with van der Waals surface area (Å²) < 4.78 is 31.4. The molecule has 1 saturated heterocycles. The molecule has 0 spiro atoms. The highest BCUT2D eigenvalue weighted by Gasteiger charge is 2.28. The maximum Gasteiger partial charge on any atom is 0.220 e. The summed E-state index contributed by atoms with van der Waals surface area (Å²) in [6.45, 7) is 2.85. The van der Waals surface area contributed by atoms with Gasteiger partial charge in [-0.3, -0.25) is 4.99 Å². The molecule has 1 aliphatic rings. The molecule has 1 aromatic carbocycles. The molecule has 1 fully saturated rings. The Morgan fingerprint density at radius 2 is 2.03 bits per heavy atom. The van der Waals surface area contributed by atoms with Gasteiger partial charge in [-0.1, -0.05) is 23.4 Å². The minimum atomic E-state index is -3.41. The maximum absolute atomic E-state index is 12.6. The van der Waals surface area contributed by atoms with Crippen molar-refractivity contribution in [2.45, 2.75) is 18.6 Å². The van der Waals surface area contributed by atoms with Gasteiger partial charge in [0.2, 0.25) is 10.0 Å². The summed E-state index contributed by atoms with van der Waals surface area (Å²) in [4.78, 5) is 9.80. The van der Waals surface area contributed by atoms with E-state index in [1.807, 2.05) is 6.07 Å². The number of aryl methyl sites for hydroxylation is 1. The van der Waals surface area contributed by atoms with Crippen LogP contribution in [-0.4, -0.2) is 73.5 Å². The van der Waals surface area contributed by atoms with Crippen LogP contribution >= 0.6 is 0 Å². The van der Waals surface area contributed by atoms with Gasteiger partial charge in [0, 0.05) is 62.9 Å². The number of fused-ring (bicyclic) bond motifs is 1. The molecule has 10 heteroatoms. The average molecular weight is 445 g/mol. The predicted octanol–water partition coefficient (Wildman–Crippen LogP) is 1.81. The molecule has 0 atom stereocenters. The Kier molecular flexibility index (Phi) is 6.57. The van der Waals surface area contributed by atoms with Crippen LogP contribution in [0.4, 0.5) is 0 Å². The Morgan fingerprint density at radius 3 is 2.77 bits per heavy atom. The van der Waals surface area contributed by atoms with Gasteiger partial charge in [0.1, 0.15) is 12.0 Å². The second-order valence-electron chi connectivity index (χ2n) is 7.57. The Hall–Kier alpha value is -2.85. The molecule has 166 valence electrons. The van der Waals surface area contributed by atoms with Crippen LogP contribution in [0.2, 0.25) is 0 Å². The zero-order valence-electron chi connectivity index (χ0n) is 17.6. The monoisotopic (exact) mass is 444 g/mol. The molecule has 9 nitrogen and oxygen atoms in total. The van der Waals surface area contributed by atoms with E-state index in [0.29, 0.717) is 31.9 Å². The SMILES string of the molecule is CN=C(NCCCc1c[nH]c2ccccc12)N1CCN(S(=O)(=O)Cc2ccon2)CC1. The average Bonchev–Trinajstić information content (AvgIpc) is 3.44. The van der Waals surface area contributed by atoms with Gasteiger partial charge in [0.25, 0.3) is 0 Å². The number of guanidine groups is 1. The van der Waals surface area contributed by atoms with Crippen molar-refractivity contribution < 1.29 is 12.9 Å². The number of aliphatic imine (C=N–C) groups is 1. The number of sulfonamides is 1. The van der Waals surface area contributed by atoms with Gasteiger partial charge in [0.05, 0.1) is 5.69 Å². The highest BCUT2D eigenvalue weighted by molar-refractivity contribution is 7.88. The summed E-state index contributed by atoms with van der Waals surface area (Å²) in [5.41, 5.74) is 2.91. The van der Waals surface area contributed by atoms with Gasteiger partial charge in [-0.15, -0.1) is 0 Å². The van der Waals surface area contributed by atoms with Crippen LogP contribution in [0.3, 0.4) is 0 Å². The van der Waals surface area contributed by atoms with Crippen molar-refractivity contribution in [1.82, 2.24) is 24.7 Å². The van der Waals surface area contributed by atoms with Crippen LogP contribution < -0.4 is 5.32 Å². The molecule has 3 heterocycles. The van der Waals surface area contributed by atoms with Gasteiger partial charge >= 0.3 is 0 Å². The number of aromatic amines is 1. The first kappa shape index (κ1) is 21.4. The standard InChI is InChI=1S/C21H28N6O3S/c1-22-21(23-9-4-5-17-15-24-20-7-3-2-6-19(17)20)26-10-12-27(13-11-26)31(28,29)16-18-8-14-30-25-18/h2-3,6-8,14-15,24H,4-5,9-13,16H2,1H3,(H,22,23). The molecule has 2 N–H and O–H groups in total. The van der Waals surface area contributed by atoms with Crippen molar-refractivity contribution in [2.24, 2.45) is 4.99 Å². The molecule has 0 amide bonds. The molecule has 0 bridgehead atoms. The first-order valence-corrected chi connectivity index (χ1v) is 12.1. The number of rotatable bonds is 7. The van der Waals surface area contributed by atoms with Gasteiger partial charge in [0.15, 0.2) is 5.96 Å². The number of hydrogen-bond acceptors (Lipinski definition) is 5. The molecular weight excluding hydrogens is 416 g/mol.